The van der Waals surface area contributed by atoms with Crippen LogP contribution in [0.5, 0.6) is 0 Å². The smallest absolute Gasteiger partial charge is 0.387 e. The highest BCUT2D eigenvalue weighted by molar-refractivity contribution is 7.81. The van der Waals surface area contributed by atoms with Crippen molar-refractivity contribution in [2.24, 2.45) is 17.8 Å². The number of allylic oxidation sites excluding steroid dienone is 2. The molecule has 0 aromatic carbocycles. The van der Waals surface area contributed by atoms with Crippen LogP contribution in [0.25, 0.3) is 0 Å². The van der Waals surface area contributed by atoms with Gasteiger partial charge in [-0.15, -0.1) is 13.2 Å². The average molecular weight is 532 g/mol. The van der Waals surface area contributed by atoms with Crippen LogP contribution < -0.4 is 5.32 Å². The summed E-state index contributed by atoms with van der Waals surface area (Å²) < 4.78 is 80.3. The van der Waals surface area contributed by atoms with Crippen LogP contribution in [-0.4, -0.2) is 92.5 Å². The molecule has 196 valence electrons. The van der Waals surface area contributed by atoms with E-state index in [9.17, 15) is 31.8 Å². The Bertz CT molecular complexity index is 937. The molecule has 14 nitrogen and oxygen atoms in total. The molecule has 3 unspecified atom stereocenters. The second kappa shape index (κ2) is 12.0. The summed E-state index contributed by atoms with van der Waals surface area (Å²) in [4.78, 5) is 12.5. The van der Waals surface area contributed by atoms with E-state index in [4.69, 9.17) is 18.6 Å². The van der Waals surface area contributed by atoms with Gasteiger partial charge in [-0.1, -0.05) is 12.2 Å². The number of hydrogen-bond acceptors (Lipinski definition) is 11. The van der Waals surface area contributed by atoms with Gasteiger partial charge in [0.1, 0.15) is 24.4 Å². The zero-order chi connectivity index (χ0) is 25.7. The van der Waals surface area contributed by atoms with E-state index in [-0.39, 0.29) is 36.8 Å². The van der Waals surface area contributed by atoms with E-state index < -0.39 is 58.1 Å². The molecule has 2 rings (SSSR count). The van der Waals surface area contributed by atoms with Crippen LogP contribution in [-0.2, 0) is 43.4 Å². The first-order valence-corrected chi connectivity index (χ1v) is 12.9. The maximum Gasteiger partial charge on any atom is 0.397 e. The molecule has 2 fully saturated rings. The van der Waals surface area contributed by atoms with Crippen molar-refractivity contribution in [3.8, 4) is 0 Å². The summed E-state index contributed by atoms with van der Waals surface area (Å²) in [7, 11) is -10.1. The number of rotatable bonds is 12. The van der Waals surface area contributed by atoms with Crippen molar-refractivity contribution in [2.45, 2.75) is 43.5 Å². The fraction of sp³-hybridized carbons (Fsp3) is 0.722. The molecule has 1 heterocycles. The lowest BCUT2D eigenvalue weighted by atomic mass is 9.95. The summed E-state index contributed by atoms with van der Waals surface area (Å²) in [5.74, 6) is -0.378. The second-order valence-corrected chi connectivity index (χ2v) is 10.00. The third-order valence-electron chi connectivity index (χ3n) is 5.56. The van der Waals surface area contributed by atoms with Crippen molar-refractivity contribution in [2.75, 3.05) is 19.8 Å². The Morgan fingerprint density at radius 1 is 1.06 bits per heavy atom. The van der Waals surface area contributed by atoms with Gasteiger partial charge in [-0.25, -0.2) is 8.37 Å². The number of carbonyl (C=O) groups is 1. The maximum atomic E-state index is 12.5. The van der Waals surface area contributed by atoms with E-state index in [1.165, 1.54) is 0 Å². The van der Waals surface area contributed by atoms with Gasteiger partial charge in [0.05, 0.1) is 13.2 Å². The Kier molecular flexibility index (Phi) is 10.1. The quantitative estimate of drug-likeness (QED) is 0.111. The van der Waals surface area contributed by atoms with Crippen molar-refractivity contribution in [3.05, 3.63) is 25.3 Å². The van der Waals surface area contributed by atoms with Crippen LogP contribution >= 0.6 is 0 Å². The number of amides is 1. The zero-order valence-electron chi connectivity index (χ0n) is 18.0. The first-order chi connectivity index (χ1) is 15.8. The Balaban J connectivity index is 1.97. The second-order valence-electron chi connectivity index (χ2n) is 7.86. The molecule has 1 saturated carbocycles. The van der Waals surface area contributed by atoms with Gasteiger partial charge in [-0.2, -0.15) is 16.8 Å². The molecule has 1 saturated heterocycles. The van der Waals surface area contributed by atoms with Crippen molar-refractivity contribution in [3.63, 3.8) is 0 Å². The highest BCUT2D eigenvalue weighted by Gasteiger charge is 2.48. The Morgan fingerprint density at radius 2 is 1.74 bits per heavy atom. The molecule has 0 spiro atoms. The van der Waals surface area contributed by atoms with E-state index in [0.717, 1.165) is 6.42 Å². The van der Waals surface area contributed by atoms with Crippen LogP contribution in [0.1, 0.15) is 12.8 Å². The highest BCUT2D eigenvalue weighted by Crippen LogP contribution is 2.37. The fourth-order valence-electron chi connectivity index (χ4n) is 3.93. The third kappa shape index (κ3) is 8.33. The van der Waals surface area contributed by atoms with E-state index >= 15 is 0 Å². The lowest BCUT2D eigenvalue weighted by molar-refractivity contribution is -0.295. The largest absolute Gasteiger partial charge is 0.397 e. The summed E-state index contributed by atoms with van der Waals surface area (Å²) in [6.07, 6.45) is -4.45. The molecule has 1 amide bonds. The van der Waals surface area contributed by atoms with E-state index in [2.05, 4.69) is 26.8 Å². The van der Waals surface area contributed by atoms with Gasteiger partial charge in [-0.3, -0.25) is 13.9 Å². The maximum absolute atomic E-state index is 12.5. The first-order valence-electron chi connectivity index (χ1n) is 10.2. The third-order valence-corrected chi connectivity index (χ3v) is 6.46. The number of nitrogens with one attached hydrogen (secondary N) is 1. The normalized spacial score (nSPS) is 34.5. The van der Waals surface area contributed by atoms with Gasteiger partial charge in [0, 0.05) is 12.5 Å². The van der Waals surface area contributed by atoms with Gasteiger partial charge in [0.2, 0.25) is 5.91 Å². The van der Waals surface area contributed by atoms with Crippen molar-refractivity contribution >= 4 is 26.7 Å². The number of carbonyl (C=O) groups excluding carboxylic acids is 1. The monoisotopic (exact) mass is 531 g/mol. The summed E-state index contributed by atoms with van der Waals surface area (Å²) >= 11 is 0. The average Bonchev–Trinajstić information content (AvgIpc) is 3.17. The minimum absolute atomic E-state index is 0.0178. The molecule has 2 aliphatic rings. The minimum Gasteiger partial charge on any atom is -0.387 e. The number of aliphatic hydroxyl groups is 2. The standard InChI is InChI=1S/C18H29NO13S2/c1-3-10-7-11(4-2)12(8-10)17(22)19-5-6-29-18-15(21)16(32-34(26,27)28)14(20)13(31-18)9-30-33(23,24)25/h3-4,10-16,18,20-21H,1-2,5-9H2,(H,19,22)(H,23,24,25)(H,26,27,28)/t10?,11?,12?,13-,14+,15-,16+,18-/m1/s1. The molecule has 0 aromatic heterocycles. The highest BCUT2D eigenvalue weighted by atomic mass is 32.3. The molecule has 34 heavy (non-hydrogen) atoms. The van der Waals surface area contributed by atoms with E-state index in [1.807, 2.05) is 0 Å². The van der Waals surface area contributed by atoms with Crippen LogP contribution in [0.2, 0.25) is 0 Å². The lowest BCUT2D eigenvalue weighted by Crippen LogP contribution is -2.61. The van der Waals surface area contributed by atoms with Crippen molar-refractivity contribution < 1.29 is 58.8 Å². The minimum atomic E-state index is -5.15. The molecule has 0 bridgehead atoms. The summed E-state index contributed by atoms with van der Waals surface area (Å²) in [6.45, 7) is 6.21. The summed E-state index contributed by atoms with van der Waals surface area (Å²) in [5.41, 5.74) is 0. The van der Waals surface area contributed by atoms with Crippen LogP contribution in [0.4, 0.5) is 0 Å². The Morgan fingerprint density at radius 3 is 2.29 bits per heavy atom. The van der Waals surface area contributed by atoms with Gasteiger partial charge in [0.25, 0.3) is 0 Å². The van der Waals surface area contributed by atoms with Crippen LogP contribution in [0.3, 0.4) is 0 Å². The molecular weight excluding hydrogens is 502 g/mol. The van der Waals surface area contributed by atoms with Gasteiger partial charge in [0.15, 0.2) is 6.29 Å². The molecule has 1 aliphatic carbocycles. The topological polar surface area (TPSA) is 215 Å². The Hall–Kier alpha value is -1.47. The van der Waals surface area contributed by atoms with Crippen molar-refractivity contribution in [1.82, 2.24) is 5.32 Å². The number of ether oxygens (including phenoxy) is 2. The van der Waals surface area contributed by atoms with E-state index in [0.29, 0.717) is 6.42 Å². The molecule has 1 aliphatic heterocycles. The van der Waals surface area contributed by atoms with Crippen LogP contribution in [0.15, 0.2) is 25.3 Å². The van der Waals surface area contributed by atoms with Gasteiger partial charge in [-0.05, 0) is 24.7 Å². The number of aliphatic hydroxyl groups excluding tert-OH is 2. The van der Waals surface area contributed by atoms with Gasteiger partial charge < -0.3 is 25.0 Å². The summed E-state index contributed by atoms with van der Waals surface area (Å²) in [5, 5.41) is 23.1. The van der Waals surface area contributed by atoms with Gasteiger partial charge >= 0.3 is 20.8 Å². The SMILES string of the molecule is C=CC1CC(C=C)C(C(=O)NCCO[C@@H]2O[C@H](COS(=O)(=O)O)[C@H](O)[C@H](OS(=O)(=O)O)[C@H]2O)C1. The molecule has 5 N–H and O–H groups in total. The molecule has 16 heteroatoms. The molecule has 0 aromatic rings. The zero-order valence-corrected chi connectivity index (χ0v) is 19.6. The summed E-state index contributed by atoms with van der Waals surface area (Å²) in [6, 6.07) is 0. The molecular formula is C18H29NO13S2. The molecule has 8 atom stereocenters. The van der Waals surface area contributed by atoms with Crippen LogP contribution in [0, 0.1) is 17.8 Å². The van der Waals surface area contributed by atoms with Crippen molar-refractivity contribution in [1.29, 1.82) is 0 Å². The predicted molar refractivity (Wildman–Crippen MR) is 114 cm³/mol. The Labute approximate surface area is 197 Å². The predicted octanol–water partition coefficient (Wildman–Crippen LogP) is -1.41. The fourth-order valence-corrected chi connectivity index (χ4v) is 4.75. The lowest BCUT2D eigenvalue weighted by Gasteiger charge is -2.41. The molecule has 0 radical (unpaired) electrons. The van der Waals surface area contributed by atoms with E-state index in [1.54, 1.807) is 12.2 Å². The number of hydrogen-bond donors (Lipinski definition) is 5. The first kappa shape index (κ1) is 28.8.